The Bertz CT molecular complexity index is 1400. The Labute approximate surface area is 193 Å². The number of nitrogens with one attached hydrogen (secondary N) is 1. The number of para-hydroxylation sites is 1. The van der Waals surface area contributed by atoms with E-state index in [1.54, 1.807) is 34.9 Å². The Morgan fingerprint density at radius 3 is 2.33 bits per heavy atom. The molecule has 0 radical (unpaired) electrons. The maximum atomic E-state index is 13.5. The van der Waals surface area contributed by atoms with Gasteiger partial charge in [-0.1, -0.05) is 59.9 Å². The van der Waals surface area contributed by atoms with Crippen LogP contribution in [-0.2, 0) is 0 Å². The van der Waals surface area contributed by atoms with Gasteiger partial charge in [-0.05, 0) is 24.6 Å². The van der Waals surface area contributed by atoms with E-state index in [0.717, 1.165) is 0 Å². The Kier molecular flexibility index (Phi) is 5.53. The van der Waals surface area contributed by atoms with E-state index in [-0.39, 0.29) is 23.9 Å². The predicted molar refractivity (Wildman–Crippen MR) is 129 cm³/mol. The van der Waals surface area contributed by atoms with Crippen molar-refractivity contribution in [1.82, 2.24) is 9.47 Å². The van der Waals surface area contributed by atoms with Crippen LogP contribution in [0.25, 0.3) is 15.9 Å². The monoisotopic (exact) mass is 459 g/mol. The standard InChI is InChI=1S/C25H21N3O4S/c29-18-13-14-27(15-18)25(32)26-23-21(22(31)16-7-3-1-4-8-16)19-11-12-20(30)28(24(19)33-23)17-9-5-2-6-10-17/h1-12,18,29H,13-15H2,(H,26,32)/t18-/m1/s1. The second kappa shape index (κ2) is 8.65. The molecule has 2 aromatic heterocycles. The quantitative estimate of drug-likeness (QED) is 0.453. The van der Waals surface area contributed by atoms with E-state index in [4.69, 9.17) is 0 Å². The van der Waals surface area contributed by atoms with Crippen molar-refractivity contribution in [2.45, 2.75) is 12.5 Å². The molecule has 1 saturated heterocycles. The highest BCUT2D eigenvalue weighted by Crippen LogP contribution is 2.37. The number of carbonyl (C=O) groups excluding carboxylic acids is 2. The zero-order valence-electron chi connectivity index (χ0n) is 17.6. The molecule has 1 atom stereocenters. The number of β-amino-alcohol motifs (C(OH)–C–C–N with tert-alkyl or cyclic N) is 1. The Morgan fingerprint density at radius 1 is 0.970 bits per heavy atom. The van der Waals surface area contributed by atoms with Crippen LogP contribution in [0.15, 0.2) is 77.6 Å². The molecule has 33 heavy (non-hydrogen) atoms. The number of ketones is 1. The van der Waals surface area contributed by atoms with Gasteiger partial charge in [-0.2, -0.15) is 0 Å². The van der Waals surface area contributed by atoms with Gasteiger partial charge in [0.25, 0.3) is 5.56 Å². The summed E-state index contributed by atoms with van der Waals surface area (Å²) in [4.78, 5) is 41.4. The summed E-state index contributed by atoms with van der Waals surface area (Å²) < 4.78 is 1.55. The normalized spacial score (nSPS) is 15.7. The number of amides is 2. The highest BCUT2D eigenvalue weighted by molar-refractivity contribution is 7.23. The Balaban J connectivity index is 1.68. The fourth-order valence-electron chi connectivity index (χ4n) is 4.05. The number of carbonyl (C=O) groups is 2. The van der Waals surface area contributed by atoms with Gasteiger partial charge >= 0.3 is 6.03 Å². The van der Waals surface area contributed by atoms with Crippen molar-refractivity contribution in [2.24, 2.45) is 0 Å². The SMILES string of the molecule is O=C(c1ccccc1)c1c(NC(=O)N2CC[C@@H](O)C2)sc2c1ccc(=O)n2-c1ccccc1. The molecule has 0 aliphatic carbocycles. The lowest BCUT2D eigenvalue weighted by atomic mass is 10.0. The lowest BCUT2D eigenvalue weighted by molar-refractivity contribution is 0.104. The molecule has 5 rings (SSSR count). The van der Waals surface area contributed by atoms with Crippen molar-refractivity contribution in [3.8, 4) is 5.69 Å². The van der Waals surface area contributed by atoms with Crippen LogP contribution < -0.4 is 10.9 Å². The van der Waals surface area contributed by atoms with Crippen LogP contribution >= 0.6 is 11.3 Å². The van der Waals surface area contributed by atoms with Crippen molar-refractivity contribution >= 4 is 38.4 Å². The van der Waals surface area contributed by atoms with Gasteiger partial charge in [0.2, 0.25) is 0 Å². The van der Waals surface area contributed by atoms with Gasteiger partial charge in [-0.3, -0.25) is 19.5 Å². The minimum absolute atomic E-state index is 0.228. The topological polar surface area (TPSA) is 91.6 Å². The second-order valence-corrected chi connectivity index (χ2v) is 8.88. The van der Waals surface area contributed by atoms with Crippen LogP contribution in [0.5, 0.6) is 0 Å². The van der Waals surface area contributed by atoms with E-state index in [9.17, 15) is 19.5 Å². The number of rotatable bonds is 4. The smallest absolute Gasteiger partial charge is 0.322 e. The Hall–Kier alpha value is -3.75. The van der Waals surface area contributed by atoms with Crippen molar-refractivity contribution in [3.05, 3.63) is 94.3 Å². The van der Waals surface area contributed by atoms with E-state index in [0.29, 0.717) is 45.0 Å². The number of pyridine rings is 1. The van der Waals surface area contributed by atoms with Crippen LogP contribution in [0.2, 0.25) is 0 Å². The first-order valence-electron chi connectivity index (χ1n) is 10.6. The average Bonchev–Trinajstić information content (AvgIpc) is 3.43. The molecule has 1 fully saturated rings. The van der Waals surface area contributed by atoms with Crippen molar-refractivity contribution in [3.63, 3.8) is 0 Å². The lowest BCUT2D eigenvalue weighted by Crippen LogP contribution is -2.33. The van der Waals surface area contributed by atoms with Crippen molar-refractivity contribution in [2.75, 3.05) is 18.4 Å². The molecule has 0 saturated carbocycles. The minimum atomic E-state index is -0.549. The first-order valence-corrected chi connectivity index (χ1v) is 11.4. The van der Waals surface area contributed by atoms with Gasteiger partial charge in [0.15, 0.2) is 5.78 Å². The van der Waals surface area contributed by atoms with Crippen LogP contribution in [0, 0.1) is 0 Å². The molecule has 1 aliphatic rings. The maximum absolute atomic E-state index is 13.5. The molecule has 3 heterocycles. The van der Waals surface area contributed by atoms with Gasteiger partial charge in [-0.15, -0.1) is 0 Å². The summed E-state index contributed by atoms with van der Waals surface area (Å²) in [7, 11) is 0. The molecule has 0 unspecified atom stereocenters. The number of hydrogen-bond donors (Lipinski definition) is 2. The average molecular weight is 460 g/mol. The number of thiophene rings is 1. The third kappa shape index (κ3) is 3.94. The Morgan fingerprint density at radius 2 is 1.67 bits per heavy atom. The number of fused-ring (bicyclic) bond motifs is 1. The molecule has 2 N–H and O–H groups in total. The van der Waals surface area contributed by atoms with E-state index in [1.807, 2.05) is 36.4 Å². The maximum Gasteiger partial charge on any atom is 0.322 e. The summed E-state index contributed by atoms with van der Waals surface area (Å²) in [5, 5.41) is 13.6. The molecule has 2 aromatic carbocycles. The summed E-state index contributed by atoms with van der Waals surface area (Å²) in [5.74, 6) is -0.239. The molecule has 4 aromatic rings. The first-order chi connectivity index (χ1) is 16.0. The fourth-order valence-corrected chi connectivity index (χ4v) is 5.26. The van der Waals surface area contributed by atoms with Crippen LogP contribution in [-0.4, -0.2) is 45.6 Å². The number of anilines is 1. The zero-order chi connectivity index (χ0) is 22.9. The molecule has 166 valence electrons. The second-order valence-electron chi connectivity index (χ2n) is 7.88. The third-order valence-electron chi connectivity index (χ3n) is 5.69. The van der Waals surface area contributed by atoms with Crippen LogP contribution in [0.3, 0.4) is 0 Å². The van der Waals surface area contributed by atoms with Gasteiger partial charge < -0.3 is 10.0 Å². The van der Waals surface area contributed by atoms with Crippen LogP contribution in [0.1, 0.15) is 22.3 Å². The molecule has 7 nitrogen and oxygen atoms in total. The number of benzene rings is 2. The van der Waals surface area contributed by atoms with E-state index < -0.39 is 6.10 Å². The molecule has 1 aliphatic heterocycles. The molecule has 0 spiro atoms. The fraction of sp³-hybridized carbons (Fsp3) is 0.160. The summed E-state index contributed by atoms with van der Waals surface area (Å²) in [5.41, 5.74) is 1.28. The molecule has 2 amide bonds. The highest BCUT2D eigenvalue weighted by atomic mass is 32.1. The summed E-state index contributed by atoms with van der Waals surface area (Å²) in [6, 6.07) is 20.7. The third-order valence-corrected chi connectivity index (χ3v) is 6.80. The molecular formula is C25H21N3O4S. The summed E-state index contributed by atoms with van der Waals surface area (Å²) in [6.07, 6.45) is -0.0322. The van der Waals surface area contributed by atoms with Gasteiger partial charge in [0, 0.05) is 30.1 Å². The number of aliphatic hydroxyl groups is 1. The molecule has 0 bridgehead atoms. The minimum Gasteiger partial charge on any atom is -0.391 e. The van der Waals surface area contributed by atoms with E-state index in [1.165, 1.54) is 22.3 Å². The zero-order valence-corrected chi connectivity index (χ0v) is 18.4. The van der Waals surface area contributed by atoms with E-state index in [2.05, 4.69) is 5.32 Å². The first kappa shape index (κ1) is 21.1. The lowest BCUT2D eigenvalue weighted by Gasteiger charge is -2.16. The van der Waals surface area contributed by atoms with Crippen molar-refractivity contribution in [1.29, 1.82) is 0 Å². The predicted octanol–water partition coefficient (Wildman–Crippen LogP) is 3.88. The number of aliphatic hydroxyl groups excluding tert-OH is 1. The summed E-state index contributed by atoms with van der Waals surface area (Å²) in [6.45, 7) is 0.683. The van der Waals surface area contributed by atoms with E-state index >= 15 is 0 Å². The van der Waals surface area contributed by atoms with Crippen LogP contribution in [0.4, 0.5) is 9.80 Å². The number of hydrogen-bond acceptors (Lipinski definition) is 5. The van der Waals surface area contributed by atoms with Gasteiger partial charge in [0.1, 0.15) is 9.83 Å². The number of likely N-dealkylation sites (tertiary alicyclic amines) is 1. The largest absolute Gasteiger partial charge is 0.391 e. The van der Waals surface area contributed by atoms with Gasteiger partial charge in [-0.25, -0.2) is 4.79 Å². The number of aromatic nitrogens is 1. The molecular weight excluding hydrogens is 438 g/mol. The van der Waals surface area contributed by atoms with Crippen molar-refractivity contribution < 1.29 is 14.7 Å². The summed E-state index contributed by atoms with van der Waals surface area (Å²) >= 11 is 1.19. The molecule has 8 heteroatoms. The number of nitrogens with zero attached hydrogens (tertiary/aromatic N) is 2. The highest BCUT2D eigenvalue weighted by Gasteiger charge is 2.28. The number of urea groups is 1. The van der Waals surface area contributed by atoms with Gasteiger partial charge in [0.05, 0.1) is 17.4 Å².